The van der Waals surface area contributed by atoms with Gasteiger partial charge in [0.1, 0.15) is 43.0 Å². The highest BCUT2D eigenvalue weighted by Gasteiger charge is 2.16. The Morgan fingerprint density at radius 2 is 1.82 bits per heavy atom. The van der Waals surface area contributed by atoms with E-state index in [1.807, 2.05) is 78.3 Å². The van der Waals surface area contributed by atoms with Crippen LogP contribution in [0.2, 0.25) is 0 Å². The highest BCUT2D eigenvalue weighted by atomic mass is 32.1. The zero-order valence-corrected chi connectivity index (χ0v) is 21.0. The summed E-state index contributed by atoms with van der Waals surface area (Å²) in [5, 5.41) is 15.4. The molecule has 0 aliphatic rings. The molecule has 0 aliphatic heterocycles. The molecule has 10 heteroatoms. The molecule has 0 amide bonds. The maximum Gasteiger partial charge on any atom is 0.317 e. The molecule has 0 bridgehead atoms. The molecular weight excluding hydrogens is 506 g/mol. The number of aromatic nitrogens is 3. The zero-order chi connectivity index (χ0) is 26.3. The molecular formula is C28H23N3O6S. The van der Waals surface area contributed by atoms with Gasteiger partial charge in [0.15, 0.2) is 0 Å². The molecule has 0 radical (unpaired) electrons. The Balaban J connectivity index is 1.21. The molecule has 0 fully saturated rings. The molecule has 0 saturated carbocycles. The van der Waals surface area contributed by atoms with Crippen LogP contribution in [0.3, 0.4) is 0 Å². The van der Waals surface area contributed by atoms with E-state index in [1.54, 1.807) is 10.9 Å². The molecule has 9 nitrogen and oxygen atoms in total. The van der Waals surface area contributed by atoms with Gasteiger partial charge >= 0.3 is 11.9 Å². The predicted octanol–water partition coefficient (Wildman–Crippen LogP) is 5.41. The summed E-state index contributed by atoms with van der Waals surface area (Å²) in [4.78, 5) is 27.9. The Morgan fingerprint density at radius 3 is 2.55 bits per heavy atom. The van der Waals surface area contributed by atoms with Crippen molar-refractivity contribution in [3.8, 4) is 27.8 Å². The molecule has 3 heterocycles. The lowest BCUT2D eigenvalue weighted by Gasteiger charge is -2.06. The number of rotatable bonds is 11. The average molecular weight is 530 g/mol. The summed E-state index contributed by atoms with van der Waals surface area (Å²) in [6, 6.07) is 21.2. The number of carbonyl (C=O) groups excluding carboxylic acids is 1. The molecule has 0 aliphatic carbocycles. The fourth-order valence-corrected chi connectivity index (χ4v) is 4.47. The van der Waals surface area contributed by atoms with Gasteiger partial charge in [-0.25, -0.2) is 4.98 Å². The first-order chi connectivity index (χ1) is 18.5. The molecule has 3 aromatic heterocycles. The summed E-state index contributed by atoms with van der Waals surface area (Å²) in [5.41, 5.74) is 4.01. The highest BCUT2D eigenvalue weighted by Crippen LogP contribution is 2.28. The van der Waals surface area contributed by atoms with E-state index >= 15 is 0 Å². The minimum atomic E-state index is -1.23. The number of hydrogen-bond donors (Lipinski definition) is 1. The van der Waals surface area contributed by atoms with Crippen LogP contribution in [-0.2, 0) is 34.1 Å². The Kier molecular flexibility index (Phi) is 7.60. The van der Waals surface area contributed by atoms with E-state index < -0.39 is 18.4 Å². The predicted molar refractivity (Wildman–Crippen MR) is 139 cm³/mol. The lowest BCUT2D eigenvalue weighted by Crippen LogP contribution is -2.10. The van der Waals surface area contributed by atoms with Crippen LogP contribution in [0.25, 0.3) is 22.0 Å². The largest absolute Gasteiger partial charge is 0.487 e. The Morgan fingerprint density at radius 1 is 1.00 bits per heavy atom. The van der Waals surface area contributed by atoms with E-state index in [-0.39, 0.29) is 13.2 Å². The molecule has 38 heavy (non-hydrogen) atoms. The lowest BCUT2D eigenvalue weighted by molar-refractivity contribution is -0.152. The Bertz CT molecular complexity index is 1510. The number of carboxylic acid groups (broad SMARTS) is 1. The van der Waals surface area contributed by atoms with Crippen LogP contribution in [0.1, 0.15) is 23.2 Å². The molecule has 0 spiro atoms. The van der Waals surface area contributed by atoms with Crippen LogP contribution in [0.15, 0.2) is 89.0 Å². The lowest BCUT2D eigenvalue weighted by atomic mass is 10.2. The summed E-state index contributed by atoms with van der Waals surface area (Å²) in [5.74, 6) is -0.769. The first-order valence-electron chi connectivity index (χ1n) is 11.7. The smallest absolute Gasteiger partial charge is 0.317 e. The van der Waals surface area contributed by atoms with E-state index in [4.69, 9.17) is 19.0 Å². The van der Waals surface area contributed by atoms with Gasteiger partial charge in [0.05, 0.1) is 11.4 Å². The zero-order valence-electron chi connectivity index (χ0n) is 20.1. The van der Waals surface area contributed by atoms with Crippen LogP contribution in [0.5, 0.6) is 5.75 Å². The van der Waals surface area contributed by atoms with E-state index in [9.17, 15) is 9.59 Å². The van der Waals surface area contributed by atoms with Crippen LogP contribution in [0, 0.1) is 0 Å². The van der Waals surface area contributed by atoms with Gasteiger partial charge in [-0.3, -0.25) is 14.3 Å². The summed E-state index contributed by atoms with van der Waals surface area (Å²) in [6.45, 7) is 0.717. The van der Waals surface area contributed by atoms with Crippen molar-refractivity contribution >= 4 is 23.3 Å². The van der Waals surface area contributed by atoms with Gasteiger partial charge in [0.2, 0.25) is 5.89 Å². The van der Waals surface area contributed by atoms with E-state index in [0.29, 0.717) is 35.1 Å². The second kappa shape index (κ2) is 11.6. The second-order valence-electron chi connectivity index (χ2n) is 8.35. The van der Waals surface area contributed by atoms with Gasteiger partial charge in [-0.1, -0.05) is 36.4 Å². The average Bonchev–Trinajstić information content (AvgIpc) is 3.68. The van der Waals surface area contributed by atoms with Gasteiger partial charge < -0.3 is 19.0 Å². The van der Waals surface area contributed by atoms with Crippen LogP contribution in [0.4, 0.5) is 0 Å². The molecule has 2 aromatic carbocycles. The van der Waals surface area contributed by atoms with Crippen LogP contribution in [-0.4, -0.2) is 31.8 Å². The number of benzene rings is 2. The van der Waals surface area contributed by atoms with Gasteiger partial charge in [-0.2, -0.15) is 5.10 Å². The maximum absolute atomic E-state index is 11.7. The first kappa shape index (κ1) is 25.0. The van der Waals surface area contributed by atoms with Crippen molar-refractivity contribution < 1.29 is 28.6 Å². The molecule has 192 valence electrons. The van der Waals surface area contributed by atoms with E-state index in [0.717, 1.165) is 16.0 Å². The van der Waals surface area contributed by atoms with Gasteiger partial charge in [-0.05, 0) is 41.3 Å². The van der Waals surface area contributed by atoms with Crippen molar-refractivity contribution in [3.05, 3.63) is 101 Å². The number of esters is 1. The van der Waals surface area contributed by atoms with E-state index in [2.05, 4.69) is 10.1 Å². The fourth-order valence-electron chi connectivity index (χ4n) is 3.72. The molecule has 0 saturated heterocycles. The molecule has 0 unspecified atom stereocenters. The number of carbonyl (C=O) groups is 2. The number of aliphatic carboxylic acids is 1. The Labute approximate surface area is 221 Å². The number of thiophene rings is 1. The summed E-state index contributed by atoms with van der Waals surface area (Å²) < 4.78 is 18.3. The molecule has 5 rings (SSSR count). The third-order valence-electron chi connectivity index (χ3n) is 5.50. The standard InChI is InChI=1S/C28H23N3O6S/c32-25(33)13-26(34)36-16-21-15-31(30-27(21)24-7-4-12-38-24)14-19-8-10-23(11-9-19)35-17-22-18-37-28(29-22)20-5-2-1-3-6-20/h1-12,15,18H,13-14,16-17H2,(H,32,33). The normalized spacial score (nSPS) is 10.8. The van der Waals surface area contributed by atoms with Crippen molar-refractivity contribution in [2.75, 3.05) is 0 Å². The Hall–Kier alpha value is -4.70. The summed E-state index contributed by atoms with van der Waals surface area (Å²) >= 11 is 1.52. The summed E-state index contributed by atoms with van der Waals surface area (Å²) in [7, 11) is 0. The maximum atomic E-state index is 11.7. The third kappa shape index (κ3) is 6.34. The van der Waals surface area contributed by atoms with Crippen molar-refractivity contribution in [3.63, 3.8) is 0 Å². The van der Waals surface area contributed by atoms with Gasteiger partial charge in [-0.15, -0.1) is 11.3 Å². The minimum Gasteiger partial charge on any atom is -0.487 e. The molecule has 1 N–H and O–H groups in total. The number of hydrogen-bond acceptors (Lipinski definition) is 8. The number of oxazole rings is 1. The first-order valence-corrected chi connectivity index (χ1v) is 12.6. The molecule has 0 atom stereocenters. The minimum absolute atomic E-state index is 0.0554. The van der Waals surface area contributed by atoms with Gasteiger partial charge in [0.25, 0.3) is 0 Å². The van der Waals surface area contributed by atoms with E-state index in [1.165, 1.54) is 11.3 Å². The summed E-state index contributed by atoms with van der Waals surface area (Å²) in [6.07, 6.45) is 2.72. The van der Waals surface area contributed by atoms with Crippen molar-refractivity contribution in [2.45, 2.75) is 26.2 Å². The monoisotopic (exact) mass is 529 g/mol. The number of ether oxygens (including phenoxy) is 2. The quantitative estimate of drug-likeness (QED) is 0.178. The molecule has 5 aromatic rings. The van der Waals surface area contributed by atoms with Crippen LogP contribution < -0.4 is 4.74 Å². The third-order valence-corrected chi connectivity index (χ3v) is 6.38. The SMILES string of the molecule is O=C(O)CC(=O)OCc1cn(Cc2ccc(OCc3coc(-c4ccccc4)n3)cc2)nc1-c1cccs1. The van der Waals surface area contributed by atoms with Crippen molar-refractivity contribution in [2.24, 2.45) is 0 Å². The highest BCUT2D eigenvalue weighted by molar-refractivity contribution is 7.13. The van der Waals surface area contributed by atoms with Crippen molar-refractivity contribution in [1.29, 1.82) is 0 Å². The topological polar surface area (TPSA) is 117 Å². The fraction of sp³-hybridized carbons (Fsp3) is 0.143. The number of carboxylic acids is 1. The number of nitrogens with zero attached hydrogens (tertiary/aromatic N) is 3. The van der Waals surface area contributed by atoms with Crippen LogP contribution >= 0.6 is 11.3 Å². The van der Waals surface area contributed by atoms with Gasteiger partial charge in [0, 0.05) is 17.3 Å². The van der Waals surface area contributed by atoms with Crippen molar-refractivity contribution in [1.82, 2.24) is 14.8 Å². The second-order valence-corrected chi connectivity index (χ2v) is 9.30.